The summed E-state index contributed by atoms with van der Waals surface area (Å²) in [5.41, 5.74) is 0. The van der Waals surface area contributed by atoms with Gasteiger partial charge in [0, 0.05) is 0 Å². The van der Waals surface area contributed by atoms with Gasteiger partial charge in [-0.2, -0.15) is 0 Å². The SMILES string of the molecule is O=[P+]([O-])Oc1ccccc1.[K+]. The van der Waals surface area contributed by atoms with Crippen LogP contribution < -0.4 is 60.8 Å². The van der Waals surface area contributed by atoms with Crippen molar-refractivity contribution in [2.24, 2.45) is 0 Å². The van der Waals surface area contributed by atoms with Crippen LogP contribution >= 0.6 is 8.25 Å². The molecule has 1 unspecified atom stereocenters. The Morgan fingerprint density at radius 3 is 2.27 bits per heavy atom. The van der Waals surface area contributed by atoms with Gasteiger partial charge in [0.15, 0.2) is 5.75 Å². The molecular formula is C6H5KO3P+. The Morgan fingerprint density at radius 2 is 1.82 bits per heavy atom. The first kappa shape index (κ1) is 11.7. The summed E-state index contributed by atoms with van der Waals surface area (Å²) in [5, 5.41) is 0. The Balaban J connectivity index is 0.000001000. The second kappa shape index (κ2) is 6.26. The third-order valence-electron chi connectivity index (χ3n) is 0.923. The third-order valence-corrected chi connectivity index (χ3v) is 1.28. The molecule has 0 fully saturated rings. The van der Waals surface area contributed by atoms with Crippen LogP contribution in [0.5, 0.6) is 5.75 Å². The molecule has 1 rings (SSSR count). The van der Waals surface area contributed by atoms with Crippen molar-refractivity contribution >= 4 is 8.25 Å². The van der Waals surface area contributed by atoms with E-state index in [4.69, 9.17) is 0 Å². The van der Waals surface area contributed by atoms with E-state index < -0.39 is 8.25 Å². The van der Waals surface area contributed by atoms with Gasteiger partial charge in [0.1, 0.15) is 0 Å². The molecule has 3 nitrogen and oxygen atoms in total. The predicted molar refractivity (Wildman–Crippen MR) is 34.7 cm³/mol. The summed E-state index contributed by atoms with van der Waals surface area (Å²) in [5.74, 6) is 0.346. The molecule has 0 aliphatic heterocycles. The van der Waals surface area contributed by atoms with Crippen LogP contribution in [-0.4, -0.2) is 0 Å². The molecule has 0 heterocycles. The van der Waals surface area contributed by atoms with Crippen LogP contribution in [0.4, 0.5) is 0 Å². The molecule has 0 saturated carbocycles. The summed E-state index contributed by atoms with van der Waals surface area (Å²) in [7, 11) is -2.78. The van der Waals surface area contributed by atoms with Crippen molar-refractivity contribution in [2.45, 2.75) is 0 Å². The Bertz CT molecular complexity index is 227. The first-order valence-corrected chi connectivity index (χ1v) is 3.76. The summed E-state index contributed by atoms with van der Waals surface area (Å²) < 4.78 is 14.4. The maximum Gasteiger partial charge on any atom is 1.00 e. The summed E-state index contributed by atoms with van der Waals surface area (Å²) in [6.45, 7) is 0. The third kappa shape index (κ3) is 5.03. The number of hydrogen-bond donors (Lipinski definition) is 0. The summed E-state index contributed by atoms with van der Waals surface area (Å²) in [4.78, 5) is 9.98. The van der Waals surface area contributed by atoms with Crippen molar-refractivity contribution in [3.63, 3.8) is 0 Å². The normalized spacial score (nSPS) is 9.73. The second-order valence-corrected chi connectivity index (χ2v) is 2.26. The van der Waals surface area contributed by atoms with E-state index in [-0.39, 0.29) is 51.4 Å². The molecule has 0 aromatic heterocycles. The maximum atomic E-state index is 9.98. The molecule has 0 aliphatic carbocycles. The zero-order chi connectivity index (χ0) is 7.40. The molecule has 0 amide bonds. The van der Waals surface area contributed by atoms with E-state index in [2.05, 4.69) is 4.52 Å². The van der Waals surface area contributed by atoms with Gasteiger partial charge in [-0.25, -0.2) is 0 Å². The Morgan fingerprint density at radius 1 is 1.27 bits per heavy atom. The minimum absolute atomic E-state index is 0. The average Bonchev–Trinajstić information content (AvgIpc) is 1.88. The summed E-state index contributed by atoms with van der Waals surface area (Å²) in [6.07, 6.45) is 0. The second-order valence-electron chi connectivity index (χ2n) is 1.63. The van der Waals surface area contributed by atoms with Crippen LogP contribution in [0, 0.1) is 0 Å². The van der Waals surface area contributed by atoms with Crippen molar-refractivity contribution in [1.29, 1.82) is 0 Å². The minimum Gasteiger partial charge on any atom is -0.558 e. The van der Waals surface area contributed by atoms with Gasteiger partial charge in [-0.1, -0.05) is 18.2 Å². The molecule has 5 heteroatoms. The zero-order valence-electron chi connectivity index (χ0n) is 6.06. The quantitative estimate of drug-likeness (QED) is 0.408. The standard InChI is InChI=1S/C6H5O3P.K/c7-10(8)9-6-4-2-1-3-5-6;/h1-5H;/q;+1. The summed E-state index contributed by atoms with van der Waals surface area (Å²) in [6, 6.07) is 8.34. The fourth-order valence-electron chi connectivity index (χ4n) is 0.567. The van der Waals surface area contributed by atoms with Gasteiger partial charge < -0.3 is 4.89 Å². The molecule has 0 radical (unpaired) electrons. The van der Waals surface area contributed by atoms with Crippen molar-refractivity contribution < 1.29 is 65.4 Å². The summed E-state index contributed by atoms with van der Waals surface area (Å²) >= 11 is 0. The number of para-hydroxylation sites is 1. The van der Waals surface area contributed by atoms with E-state index in [0.717, 1.165) is 0 Å². The van der Waals surface area contributed by atoms with E-state index in [1.165, 1.54) is 0 Å². The zero-order valence-corrected chi connectivity index (χ0v) is 10.1. The molecule has 0 aliphatic rings. The van der Waals surface area contributed by atoms with Crippen LogP contribution in [0.25, 0.3) is 0 Å². The van der Waals surface area contributed by atoms with Gasteiger partial charge in [0.25, 0.3) is 0 Å². The molecule has 0 N–H and O–H groups in total. The molecule has 0 spiro atoms. The van der Waals surface area contributed by atoms with Crippen LogP contribution in [0.1, 0.15) is 0 Å². The van der Waals surface area contributed by atoms with Crippen LogP contribution in [0.2, 0.25) is 0 Å². The van der Waals surface area contributed by atoms with Crippen LogP contribution in [0.3, 0.4) is 0 Å². The Labute approximate surface area is 108 Å². The number of hydrogen-bond acceptors (Lipinski definition) is 3. The van der Waals surface area contributed by atoms with E-state index in [9.17, 15) is 9.46 Å². The molecule has 1 aromatic rings. The molecular weight excluding hydrogens is 190 g/mol. The largest absolute Gasteiger partial charge is 1.00 e. The van der Waals surface area contributed by atoms with E-state index in [1.54, 1.807) is 30.3 Å². The fraction of sp³-hybridized carbons (Fsp3) is 0. The van der Waals surface area contributed by atoms with Crippen molar-refractivity contribution in [3.8, 4) is 5.75 Å². The van der Waals surface area contributed by atoms with E-state index >= 15 is 0 Å². The van der Waals surface area contributed by atoms with Crippen molar-refractivity contribution in [2.75, 3.05) is 0 Å². The van der Waals surface area contributed by atoms with Gasteiger partial charge in [-0.3, -0.25) is 4.52 Å². The Kier molecular flexibility index (Phi) is 6.66. The number of benzene rings is 1. The topological polar surface area (TPSA) is 49.4 Å². The van der Waals surface area contributed by atoms with Gasteiger partial charge in [-0.15, -0.1) is 0 Å². The maximum absolute atomic E-state index is 9.98. The van der Waals surface area contributed by atoms with Crippen molar-refractivity contribution in [1.82, 2.24) is 0 Å². The molecule has 1 atom stereocenters. The molecule has 0 bridgehead atoms. The van der Waals surface area contributed by atoms with Gasteiger partial charge in [0.05, 0.1) is 0 Å². The monoisotopic (exact) mass is 195 g/mol. The van der Waals surface area contributed by atoms with Crippen LogP contribution in [0.15, 0.2) is 30.3 Å². The predicted octanol–water partition coefficient (Wildman–Crippen LogP) is -1.91. The van der Waals surface area contributed by atoms with Crippen LogP contribution in [-0.2, 0) is 4.57 Å². The first-order valence-electron chi connectivity index (χ1n) is 2.66. The van der Waals surface area contributed by atoms with E-state index in [1.807, 2.05) is 0 Å². The fourth-order valence-corrected chi connectivity index (χ4v) is 0.861. The van der Waals surface area contributed by atoms with Gasteiger partial charge >= 0.3 is 59.6 Å². The smallest absolute Gasteiger partial charge is 0.558 e. The minimum atomic E-state index is -2.78. The average molecular weight is 195 g/mol. The molecule has 52 valence electrons. The van der Waals surface area contributed by atoms with Gasteiger partial charge in [0.2, 0.25) is 0 Å². The first-order chi connectivity index (χ1) is 4.79. The Hall–Kier alpha value is 0.716. The molecule has 11 heavy (non-hydrogen) atoms. The van der Waals surface area contributed by atoms with Gasteiger partial charge in [-0.05, 0) is 16.7 Å². The molecule has 1 aromatic carbocycles. The van der Waals surface area contributed by atoms with E-state index in [0.29, 0.717) is 5.75 Å². The van der Waals surface area contributed by atoms with Crippen molar-refractivity contribution in [3.05, 3.63) is 30.3 Å². The number of rotatable bonds is 2. The molecule has 0 saturated heterocycles.